The molecule has 2 N–H and O–H groups in total. The van der Waals surface area contributed by atoms with E-state index in [0.717, 1.165) is 34.3 Å². The lowest BCUT2D eigenvalue weighted by Gasteiger charge is -2.22. The van der Waals surface area contributed by atoms with Gasteiger partial charge in [-0.25, -0.2) is 4.98 Å². The molecule has 1 aromatic heterocycles. The van der Waals surface area contributed by atoms with Crippen LogP contribution in [-0.4, -0.2) is 22.8 Å². The molecule has 0 saturated carbocycles. The number of hydrogen-bond acceptors (Lipinski definition) is 3. The third-order valence-corrected chi connectivity index (χ3v) is 4.02. The monoisotopic (exact) mass is 309 g/mol. The number of aromatic nitrogens is 2. The minimum atomic E-state index is -0.443. The first-order valence-electron chi connectivity index (χ1n) is 6.17. The second-order valence-electron chi connectivity index (χ2n) is 4.77. The topological polar surface area (TPSA) is 53.1 Å². The predicted molar refractivity (Wildman–Crippen MR) is 74.4 cm³/mol. The molecule has 18 heavy (non-hydrogen) atoms. The van der Waals surface area contributed by atoms with Crippen molar-refractivity contribution in [1.29, 1.82) is 0 Å². The highest BCUT2D eigenvalue weighted by Crippen LogP contribution is 2.30. The fraction of sp³-hybridized carbons (Fsp3) is 0.462. The van der Waals surface area contributed by atoms with Gasteiger partial charge in [0.2, 0.25) is 0 Å². The SMILES string of the molecule is CCn1c(C2(N)CCOC2)nc2cc(Br)ccc21. The smallest absolute Gasteiger partial charge is 0.132 e. The summed E-state index contributed by atoms with van der Waals surface area (Å²) in [6.45, 7) is 4.25. The molecule has 0 spiro atoms. The summed E-state index contributed by atoms with van der Waals surface area (Å²) in [6, 6.07) is 6.15. The van der Waals surface area contributed by atoms with Gasteiger partial charge >= 0.3 is 0 Å². The number of nitrogens with two attached hydrogens (primary N) is 1. The summed E-state index contributed by atoms with van der Waals surface area (Å²) in [6.07, 6.45) is 0.831. The van der Waals surface area contributed by atoms with Crippen LogP contribution in [0.2, 0.25) is 0 Å². The summed E-state index contributed by atoms with van der Waals surface area (Å²) in [5, 5.41) is 0. The van der Waals surface area contributed by atoms with E-state index >= 15 is 0 Å². The number of nitrogens with zero attached hydrogens (tertiary/aromatic N) is 2. The second kappa shape index (κ2) is 4.33. The Morgan fingerprint density at radius 1 is 1.56 bits per heavy atom. The Hall–Kier alpha value is -0.910. The number of hydrogen-bond donors (Lipinski definition) is 1. The van der Waals surface area contributed by atoms with Gasteiger partial charge in [0.25, 0.3) is 0 Å². The standard InChI is InChI=1S/C13H16BrN3O/c1-2-17-11-4-3-9(14)7-10(11)16-12(17)13(15)5-6-18-8-13/h3-4,7H,2,5-6,8,15H2,1H3. The zero-order valence-corrected chi connectivity index (χ0v) is 11.9. The molecule has 1 aromatic carbocycles. The summed E-state index contributed by atoms with van der Waals surface area (Å²) < 4.78 is 8.68. The maximum Gasteiger partial charge on any atom is 0.132 e. The van der Waals surface area contributed by atoms with Crippen LogP contribution in [0.5, 0.6) is 0 Å². The first kappa shape index (κ1) is 12.1. The molecule has 96 valence electrons. The molecule has 1 aliphatic rings. The lowest BCUT2D eigenvalue weighted by atomic mass is 9.99. The molecule has 1 fully saturated rings. The van der Waals surface area contributed by atoms with Gasteiger partial charge in [0.05, 0.1) is 17.6 Å². The Bertz CT molecular complexity index is 587. The van der Waals surface area contributed by atoms with Crippen LogP contribution in [0.25, 0.3) is 11.0 Å². The molecule has 1 saturated heterocycles. The number of halogens is 1. The van der Waals surface area contributed by atoms with Crippen LogP contribution in [0, 0.1) is 0 Å². The highest BCUT2D eigenvalue weighted by atomic mass is 79.9. The van der Waals surface area contributed by atoms with E-state index < -0.39 is 5.54 Å². The van der Waals surface area contributed by atoms with Gasteiger partial charge in [-0.1, -0.05) is 15.9 Å². The Kier molecular flexibility index (Phi) is 2.92. The highest BCUT2D eigenvalue weighted by Gasteiger charge is 2.37. The summed E-state index contributed by atoms with van der Waals surface area (Å²) in [7, 11) is 0. The van der Waals surface area contributed by atoms with Gasteiger partial charge in [-0.3, -0.25) is 0 Å². The van der Waals surface area contributed by atoms with Crippen molar-refractivity contribution >= 4 is 27.0 Å². The maximum atomic E-state index is 6.44. The maximum absolute atomic E-state index is 6.44. The number of benzene rings is 1. The van der Waals surface area contributed by atoms with Crippen molar-refractivity contribution in [3.63, 3.8) is 0 Å². The molecule has 0 bridgehead atoms. The minimum absolute atomic E-state index is 0.443. The summed E-state index contributed by atoms with van der Waals surface area (Å²) >= 11 is 3.48. The number of aryl methyl sites for hydroxylation is 1. The number of fused-ring (bicyclic) bond motifs is 1. The molecule has 0 aliphatic carbocycles. The lowest BCUT2D eigenvalue weighted by molar-refractivity contribution is 0.175. The molecule has 2 heterocycles. The largest absolute Gasteiger partial charge is 0.379 e. The van der Waals surface area contributed by atoms with E-state index in [4.69, 9.17) is 15.5 Å². The van der Waals surface area contributed by atoms with E-state index in [1.165, 1.54) is 0 Å². The van der Waals surface area contributed by atoms with E-state index in [-0.39, 0.29) is 0 Å². The van der Waals surface area contributed by atoms with Gasteiger partial charge in [0.15, 0.2) is 0 Å². The molecular formula is C13H16BrN3O. The second-order valence-corrected chi connectivity index (χ2v) is 5.69. The third-order valence-electron chi connectivity index (χ3n) is 3.52. The van der Waals surface area contributed by atoms with Gasteiger partial charge in [-0.15, -0.1) is 0 Å². The molecule has 0 amide bonds. The van der Waals surface area contributed by atoms with Crippen molar-refractivity contribution in [3.8, 4) is 0 Å². The summed E-state index contributed by atoms with van der Waals surface area (Å²) in [5.41, 5.74) is 8.11. The Morgan fingerprint density at radius 2 is 2.39 bits per heavy atom. The van der Waals surface area contributed by atoms with Gasteiger partial charge < -0.3 is 15.0 Å². The van der Waals surface area contributed by atoms with E-state index in [0.29, 0.717) is 13.2 Å². The highest BCUT2D eigenvalue weighted by molar-refractivity contribution is 9.10. The zero-order chi connectivity index (χ0) is 12.8. The summed E-state index contributed by atoms with van der Waals surface area (Å²) in [5.74, 6) is 0.940. The van der Waals surface area contributed by atoms with Crippen LogP contribution in [0.15, 0.2) is 22.7 Å². The van der Waals surface area contributed by atoms with Crippen molar-refractivity contribution < 1.29 is 4.74 Å². The van der Waals surface area contributed by atoms with Crippen molar-refractivity contribution in [2.45, 2.75) is 25.4 Å². The van der Waals surface area contributed by atoms with Gasteiger partial charge in [-0.2, -0.15) is 0 Å². The van der Waals surface area contributed by atoms with Crippen LogP contribution < -0.4 is 5.73 Å². The Morgan fingerprint density at radius 3 is 3.06 bits per heavy atom. The van der Waals surface area contributed by atoms with Crippen molar-refractivity contribution in [2.75, 3.05) is 13.2 Å². The lowest BCUT2D eigenvalue weighted by Crippen LogP contribution is -2.40. The Labute approximate surface area is 114 Å². The number of imidazole rings is 1. The zero-order valence-electron chi connectivity index (χ0n) is 10.3. The van der Waals surface area contributed by atoms with Gasteiger partial charge in [-0.05, 0) is 31.5 Å². The van der Waals surface area contributed by atoms with Crippen molar-refractivity contribution in [2.24, 2.45) is 5.73 Å². The molecule has 5 heteroatoms. The predicted octanol–water partition coefficient (Wildman–Crippen LogP) is 2.39. The molecule has 0 radical (unpaired) electrons. The number of rotatable bonds is 2. The van der Waals surface area contributed by atoms with Crippen LogP contribution in [0.4, 0.5) is 0 Å². The average molecular weight is 310 g/mol. The third kappa shape index (κ3) is 1.77. The van der Waals surface area contributed by atoms with Gasteiger partial charge in [0, 0.05) is 17.6 Å². The first-order chi connectivity index (χ1) is 8.64. The molecule has 3 rings (SSSR count). The average Bonchev–Trinajstić information content (AvgIpc) is 2.93. The van der Waals surface area contributed by atoms with Crippen LogP contribution in [0.1, 0.15) is 19.2 Å². The number of ether oxygens (including phenoxy) is 1. The van der Waals surface area contributed by atoms with E-state index in [9.17, 15) is 0 Å². The normalized spacial score (nSPS) is 23.9. The van der Waals surface area contributed by atoms with Crippen LogP contribution in [-0.2, 0) is 16.8 Å². The molecule has 1 aliphatic heterocycles. The van der Waals surface area contributed by atoms with E-state index in [1.54, 1.807) is 0 Å². The fourth-order valence-corrected chi connectivity index (χ4v) is 2.91. The first-order valence-corrected chi connectivity index (χ1v) is 6.96. The molecule has 1 unspecified atom stereocenters. The van der Waals surface area contributed by atoms with Crippen molar-refractivity contribution in [3.05, 3.63) is 28.5 Å². The fourth-order valence-electron chi connectivity index (χ4n) is 2.56. The Balaban J connectivity index is 2.22. The summed E-state index contributed by atoms with van der Waals surface area (Å²) in [4.78, 5) is 4.73. The molecular weight excluding hydrogens is 294 g/mol. The molecule has 1 atom stereocenters. The van der Waals surface area contributed by atoms with Crippen molar-refractivity contribution in [1.82, 2.24) is 9.55 Å². The minimum Gasteiger partial charge on any atom is -0.379 e. The molecule has 4 nitrogen and oxygen atoms in total. The van der Waals surface area contributed by atoms with E-state index in [2.05, 4.69) is 33.5 Å². The van der Waals surface area contributed by atoms with Gasteiger partial charge in [0.1, 0.15) is 11.4 Å². The van der Waals surface area contributed by atoms with Crippen LogP contribution >= 0.6 is 15.9 Å². The quantitative estimate of drug-likeness (QED) is 0.926. The van der Waals surface area contributed by atoms with E-state index in [1.807, 2.05) is 12.1 Å². The van der Waals surface area contributed by atoms with Crippen LogP contribution in [0.3, 0.4) is 0 Å². The molecule has 2 aromatic rings.